The molecule has 0 spiro atoms. The molecule has 2 aromatic heterocycles. The number of aromatic nitrogens is 4. The fourth-order valence-corrected chi connectivity index (χ4v) is 3.58. The highest BCUT2D eigenvalue weighted by Crippen LogP contribution is 2.42. The summed E-state index contributed by atoms with van der Waals surface area (Å²) in [4.78, 5) is 6.61. The number of nitrogens with zero attached hydrogens (tertiary/aromatic N) is 5. The van der Waals surface area contributed by atoms with E-state index in [0.29, 0.717) is 35.7 Å². The average molecular weight is 289 g/mol. The predicted molar refractivity (Wildman–Crippen MR) is 77.9 cm³/mol. The van der Waals surface area contributed by atoms with Gasteiger partial charge in [0.1, 0.15) is 12.1 Å². The molecule has 1 aliphatic heterocycles. The Morgan fingerprint density at radius 2 is 2.33 bits per heavy atom. The standard InChI is InChI=1S/C13H19N7O/c1-19(2)11-10(7-3-4-21-12(7)11)16-8-5-9-18-15-6-20(9)13(14)17-8/h5-7,10-12,16H,3-4H2,1-2H3,(H2,14,17)/t7-,10+,11-,12-/m1/s1. The Hall–Kier alpha value is -1.93. The third-order valence-electron chi connectivity index (χ3n) is 4.58. The van der Waals surface area contributed by atoms with Crippen LogP contribution in [0.3, 0.4) is 0 Å². The lowest BCUT2D eigenvalue weighted by molar-refractivity contribution is -0.0516. The summed E-state index contributed by atoms with van der Waals surface area (Å²) in [6.07, 6.45) is 2.98. The lowest BCUT2D eigenvalue weighted by atomic mass is 9.71. The van der Waals surface area contributed by atoms with E-state index in [2.05, 4.69) is 39.5 Å². The van der Waals surface area contributed by atoms with Gasteiger partial charge in [0.2, 0.25) is 5.95 Å². The molecule has 21 heavy (non-hydrogen) atoms. The number of nitrogens with two attached hydrogens (primary N) is 1. The fraction of sp³-hybridized carbons (Fsp3) is 0.615. The van der Waals surface area contributed by atoms with Crippen molar-refractivity contribution in [3.63, 3.8) is 0 Å². The molecule has 112 valence electrons. The van der Waals surface area contributed by atoms with Gasteiger partial charge in [0, 0.05) is 18.6 Å². The second kappa shape index (κ2) is 4.54. The molecule has 3 heterocycles. The number of hydrogen-bond donors (Lipinski definition) is 2. The number of nitrogens with one attached hydrogen (secondary N) is 1. The van der Waals surface area contributed by atoms with E-state index in [-0.39, 0.29) is 0 Å². The molecule has 3 N–H and O–H groups in total. The van der Waals surface area contributed by atoms with Crippen molar-refractivity contribution < 1.29 is 4.74 Å². The molecule has 4 rings (SSSR count). The van der Waals surface area contributed by atoms with E-state index in [0.717, 1.165) is 18.8 Å². The first-order chi connectivity index (χ1) is 10.1. The van der Waals surface area contributed by atoms with Gasteiger partial charge in [0.25, 0.3) is 0 Å². The largest absolute Gasteiger partial charge is 0.376 e. The van der Waals surface area contributed by atoms with Crippen LogP contribution in [-0.4, -0.2) is 63.4 Å². The molecular weight excluding hydrogens is 270 g/mol. The van der Waals surface area contributed by atoms with E-state index in [9.17, 15) is 0 Å². The van der Waals surface area contributed by atoms with Crippen molar-refractivity contribution in [2.45, 2.75) is 24.6 Å². The van der Waals surface area contributed by atoms with Crippen LogP contribution < -0.4 is 11.1 Å². The number of fused-ring (bicyclic) bond motifs is 2. The van der Waals surface area contributed by atoms with Crippen molar-refractivity contribution in [3.05, 3.63) is 12.4 Å². The molecule has 1 aliphatic carbocycles. The summed E-state index contributed by atoms with van der Waals surface area (Å²) < 4.78 is 7.49. The van der Waals surface area contributed by atoms with Crippen molar-refractivity contribution in [2.75, 3.05) is 31.8 Å². The number of rotatable bonds is 3. The van der Waals surface area contributed by atoms with E-state index in [4.69, 9.17) is 10.5 Å². The Balaban J connectivity index is 1.61. The Bertz CT molecular complexity index is 670. The lowest BCUT2D eigenvalue weighted by Crippen LogP contribution is -2.66. The fourth-order valence-electron chi connectivity index (χ4n) is 3.58. The van der Waals surface area contributed by atoms with Gasteiger partial charge in [0.05, 0.1) is 18.2 Å². The molecule has 4 atom stereocenters. The number of anilines is 2. The summed E-state index contributed by atoms with van der Waals surface area (Å²) in [5.74, 6) is 1.67. The molecule has 0 radical (unpaired) electrons. The minimum atomic E-state index is 0.324. The first kappa shape index (κ1) is 12.8. The minimum Gasteiger partial charge on any atom is -0.376 e. The molecule has 8 nitrogen and oxygen atoms in total. The van der Waals surface area contributed by atoms with Gasteiger partial charge in [0.15, 0.2) is 5.65 Å². The molecule has 2 aromatic rings. The summed E-state index contributed by atoms with van der Waals surface area (Å²) in [6, 6.07) is 2.55. The average Bonchev–Trinajstić information content (AvgIpc) is 3.02. The van der Waals surface area contributed by atoms with E-state index >= 15 is 0 Å². The summed E-state index contributed by atoms with van der Waals surface area (Å²) in [7, 11) is 4.17. The van der Waals surface area contributed by atoms with Crippen LogP contribution in [0, 0.1) is 5.92 Å². The number of nitrogen functional groups attached to an aromatic ring is 1. The number of ether oxygens (including phenoxy) is 1. The quantitative estimate of drug-likeness (QED) is 0.810. The Kier molecular flexibility index (Phi) is 2.76. The van der Waals surface area contributed by atoms with E-state index in [1.165, 1.54) is 0 Å². The van der Waals surface area contributed by atoms with Gasteiger partial charge in [-0.1, -0.05) is 0 Å². The zero-order valence-electron chi connectivity index (χ0n) is 12.1. The third kappa shape index (κ3) is 1.86. The van der Waals surface area contributed by atoms with Gasteiger partial charge < -0.3 is 20.7 Å². The zero-order chi connectivity index (χ0) is 14.6. The topological polar surface area (TPSA) is 93.6 Å². The lowest BCUT2D eigenvalue weighted by Gasteiger charge is -2.51. The molecule has 2 aliphatic rings. The van der Waals surface area contributed by atoms with E-state index in [1.807, 2.05) is 6.07 Å². The van der Waals surface area contributed by atoms with Crippen LogP contribution in [0.5, 0.6) is 0 Å². The van der Waals surface area contributed by atoms with E-state index < -0.39 is 0 Å². The summed E-state index contributed by atoms with van der Waals surface area (Å²) in [5, 5.41) is 11.4. The summed E-state index contributed by atoms with van der Waals surface area (Å²) >= 11 is 0. The van der Waals surface area contributed by atoms with Gasteiger partial charge in [-0.3, -0.25) is 4.40 Å². The van der Waals surface area contributed by atoms with Crippen LogP contribution in [-0.2, 0) is 4.74 Å². The highest BCUT2D eigenvalue weighted by Gasteiger charge is 2.55. The maximum atomic E-state index is 5.93. The van der Waals surface area contributed by atoms with Crippen molar-refractivity contribution >= 4 is 17.4 Å². The first-order valence-corrected chi connectivity index (χ1v) is 7.16. The first-order valence-electron chi connectivity index (χ1n) is 7.16. The molecule has 8 heteroatoms. The van der Waals surface area contributed by atoms with Crippen LogP contribution in [0.25, 0.3) is 5.65 Å². The SMILES string of the molecule is CN(C)[C@@H]1[C@@H](Nc2cc3nncn3c(N)n2)[C@H]2CCO[C@H]21. The maximum Gasteiger partial charge on any atom is 0.209 e. The van der Waals surface area contributed by atoms with Crippen LogP contribution >= 0.6 is 0 Å². The van der Waals surface area contributed by atoms with Crippen molar-refractivity contribution in [2.24, 2.45) is 5.92 Å². The van der Waals surface area contributed by atoms with Gasteiger partial charge >= 0.3 is 0 Å². The van der Waals surface area contributed by atoms with Gasteiger partial charge in [-0.05, 0) is 20.5 Å². The Labute approximate surface area is 122 Å². The van der Waals surface area contributed by atoms with Crippen LogP contribution in [0.4, 0.5) is 11.8 Å². The second-order valence-corrected chi connectivity index (χ2v) is 5.97. The van der Waals surface area contributed by atoms with Crippen LogP contribution in [0.1, 0.15) is 6.42 Å². The normalized spacial score (nSPS) is 31.4. The molecule has 1 saturated carbocycles. The maximum absolute atomic E-state index is 5.93. The Morgan fingerprint density at radius 3 is 3.14 bits per heavy atom. The van der Waals surface area contributed by atoms with Gasteiger partial charge in [-0.15, -0.1) is 10.2 Å². The molecule has 0 aromatic carbocycles. The third-order valence-corrected chi connectivity index (χ3v) is 4.58. The van der Waals surface area contributed by atoms with Crippen molar-refractivity contribution in [1.82, 2.24) is 24.5 Å². The van der Waals surface area contributed by atoms with Crippen LogP contribution in [0.15, 0.2) is 12.4 Å². The summed E-state index contributed by atoms with van der Waals surface area (Å²) in [6.45, 7) is 0.844. The van der Waals surface area contributed by atoms with Crippen molar-refractivity contribution in [1.29, 1.82) is 0 Å². The molecule has 1 saturated heterocycles. The summed E-state index contributed by atoms with van der Waals surface area (Å²) in [5.41, 5.74) is 6.63. The number of likely N-dealkylation sites (N-methyl/N-ethyl adjacent to an activating group) is 1. The van der Waals surface area contributed by atoms with Gasteiger partial charge in [-0.2, -0.15) is 4.98 Å². The Morgan fingerprint density at radius 1 is 1.48 bits per heavy atom. The zero-order valence-corrected chi connectivity index (χ0v) is 12.1. The minimum absolute atomic E-state index is 0.324. The molecule has 2 fully saturated rings. The predicted octanol–water partition coefficient (Wildman–Crippen LogP) is -0.164. The molecule has 0 amide bonds. The second-order valence-electron chi connectivity index (χ2n) is 5.97. The van der Waals surface area contributed by atoms with Crippen LogP contribution in [0.2, 0.25) is 0 Å². The number of hydrogen-bond acceptors (Lipinski definition) is 7. The smallest absolute Gasteiger partial charge is 0.209 e. The highest BCUT2D eigenvalue weighted by atomic mass is 16.5. The monoisotopic (exact) mass is 289 g/mol. The van der Waals surface area contributed by atoms with E-state index in [1.54, 1.807) is 10.7 Å². The molecular formula is C13H19N7O. The van der Waals surface area contributed by atoms with Crippen molar-refractivity contribution in [3.8, 4) is 0 Å². The molecule has 0 unspecified atom stereocenters. The van der Waals surface area contributed by atoms with Gasteiger partial charge in [-0.25, -0.2) is 0 Å². The molecule has 0 bridgehead atoms. The highest BCUT2D eigenvalue weighted by molar-refractivity contribution is 5.54.